The monoisotopic (exact) mass is 494 g/mol. The molecule has 12 heteroatoms. The standard InChI is InChI=1S/C24H24F2N8O2/c1-14-11-27-23(29-21-6-7-28-32(21)2)30-22(14)20-10-16-9-17(13-36-3)33(24(35)34(16)31-20)12-15-4-5-18(25)19(26)8-15/h4-8,10-11,17H,9,12-13H2,1-3H3,(H,27,29,30)/t17-/m1/s1. The van der Waals surface area contributed by atoms with Gasteiger partial charge >= 0.3 is 6.03 Å². The predicted octanol–water partition coefficient (Wildman–Crippen LogP) is 3.45. The number of methoxy groups -OCH3 is 1. The first-order valence-electron chi connectivity index (χ1n) is 11.3. The van der Waals surface area contributed by atoms with Gasteiger partial charge in [-0.1, -0.05) is 6.07 Å². The highest BCUT2D eigenvalue weighted by Crippen LogP contribution is 2.28. The fraction of sp³-hybridized carbons (Fsp3) is 0.292. The van der Waals surface area contributed by atoms with Gasteiger partial charge in [-0.3, -0.25) is 4.68 Å². The molecule has 0 bridgehead atoms. The van der Waals surface area contributed by atoms with Crippen molar-refractivity contribution in [1.82, 2.24) is 34.4 Å². The van der Waals surface area contributed by atoms with Gasteiger partial charge in [0.15, 0.2) is 11.6 Å². The van der Waals surface area contributed by atoms with Crippen molar-refractivity contribution < 1.29 is 18.3 Å². The Morgan fingerprint density at radius 2 is 2.03 bits per heavy atom. The molecule has 1 aliphatic rings. The normalized spacial score (nSPS) is 15.3. The maximum absolute atomic E-state index is 13.8. The molecule has 0 saturated heterocycles. The van der Waals surface area contributed by atoms with Crippen LogP contribution in [0.3, 0.4) is 0 Å². The van der Waals surface area contributed by atoms with Crippen LogP contribution in [0.5, 0.6) is 0 Å². The molecular weight excluding hydrogens is 470 g/mol. The summed E-state index contributed by atoms with van der Waals surface area (Å²) < 4.78 is 35.5. The summed E-state index contributed by atoms with van der Waals surface area (Å²) in [6.07, 6.45) is 3.82. The molecule has 1 atom stereocenters. The molecule has 0 aliphatic carbocycles. The van der Waals surface area contributed by atoms with Gasteiger partial charge in [-0.2, -0.15) is 14.9 Å². The summed E-state index contributed by atoms with van der Waals surface area (Å²) >= 11 is 0. The van der Waals surface area contributed by atoms with Crippen LogP contribution >= 0.6 is 0 Å². The van der Waals surface area contributed by atoms with Gasteiger partial charge in [0.1, 0.15) is 11.5 Å². The van der Waals surface area contributed by atoms with E-state index in [4.69, 9.17) is 4.74 Å². The molecule has 1 N–H and O–H groups in total. The molecule has 0 radical (unpaired) electrons. The summed E-state index contributed by atoms with van der Waals surface area (Å²) in [7, 11) is 3.35. The van der Waals surface area contributed by atoms with Gasteiger partial charge in [0.2, 0.25) is 5.95 Å². The van der Waals surface area contributed by atoms with E-state index in [1.54, 1.807) is 42.2 Å². The van der Waals surface area contributed by atoms with Gasteiger partial charge in [0, 0.05) is 39.4 Å². The largest absolute Gasteiger partial charge is 0.383 e. The lowest BCUT2D eigenvalue weighted by Gasteiger charge is -2.35. The Bertz CT molecular complexity index is 1430. The molecule has 10 nitrogen and oxygen atoms in total. The number of halogens is 2. The number of rotatable bonds is 7. The first kappa shape index (κ1) is 23.5. The molecule has 4 heterocycles. The molecule has 0 fully saturated rings. The fourth-order valence-corrected chi connectivity index (χ4v) is 4.22. The highest BCUT2D eigenvalue weighted by Gasteiger charge is 2.34. The molecule has 0 spiro atoms. The second-order valence-electron chi connectivity index (χ2n) is 8.60. The molecule has 1 amide bonds. The van der Waals surface area contributed by atoms with Crippen molar-refractivity contribution in [3.8, 4) is 11.4 Å². The van der Waals surface area contributed by atoms with Crippen molar-refractivity contribution in [2.75, 3.05) is 19.0 Å². The topological polar surface area (TPSA) is 103 Å². The number of amides is 1. The number of carbonyl (C=O) groups is 1. The van der Waals surface area contributed by atoms with Gasteiger partial charge < -0.3 is 15.0 Å². The first-order chi connectivity index (χ1) is 17.3. The Kier molecular flexibility index (Phi) is 6.18. The smallest absolute Gasteiger partial charge is 0.345 e. The van der Waals surface area contributed by atoms with Crippen LogP contribution in [0.4, 0.5) is 25.3 Å². The van der Waals surface area contributed by atoms with Crippen LogP contribution in [0.15, 0.2) is 42.7 Å². The number of aromatic nitrogens is 6. The molecule has 3 aromatic heterocycles. The minimum atomic E-state index is -0.961. The number of hydrogen-bond acceptors (Lipinski definition) is 7. The van der Waals surface area contributed by atoms with Gasteiger partial charge in [0.25, 0.3) is 0 Å². The first-order valence-corrected chi connectivity index (χ1v) is 11.3. The molecule has 1 aliphatic heterocycles. The van der Waals surface area contributed by atoms with Gasteiger partial charge in [-0.25, -0.2) is 23.5 Å². The lowest BCUT2D eigenvalue weighted by molar-refractivity contribution is 0.0895. The Morgan fingerprint density at radius 1 is 1.19 bits per heavy atom. The van der Waals surface area contributed by atoms with E-state index in [0.29, 0.717) is 35.0 Å². The zero-order chi connectivity index (χ0) is 25.4. The average molecular weight is 495 g/mol. The second kappa shape index (κ2) is 9.46. The third-order valence-corrected chi connectivity index (χ3v) is 6.07. The summed E-state index contributed by atoms with van der Waals surface area (Å²) in [4.78, 5) is 24.0. The van der Waals surface area contributed by atoms with Gasteiger partial charge in [-0.15, -0.1) is 0 Å². The van der Waals surface area contributed by atoms with Crippen LogP contribution in [0.1, 0.15) is 16.8 Å². The molecule has 186 valence electrons. The quantitative estimate of drug-likeness (QED) is 0.420. The molecule has 5 rings (SSSR count). The zero-order valence-corrected chi connectivity index (χ0v) is 19.9. The molecule has 1 aromatic carbocycles. The van der Waals surface area contributed by atoms with Gasteiger partial charge in [0.05, 0.1) is 30.2 Å². The van der Waals surface area contributed by atoms with E-state index in [1.807, 2.05) is 13.0 Å². The van der Waals surface area contributed by atoms with E-state index in [1.165, 1.54) is 10.7 Å². The maximum atomic E-state index is 13.8. The van der Waals surface area contributed by atoms with Crippen molar-refractivity contribution in [2.45, 2.75) is 25.9 Å². The van der Waals surface area contributed by atoms with Crippen LogP contribution in [0, 0.1) is 18.6 Å². The molecule has 0 saturated carbocycles. The lowest BCUT2D eigenvalue weighted by atomic mass is 10.1. The Labute approximate surface area is 205 Å². The van der Waals surface area contributed by atoms with Crippen molar-refractivity contribution in [1.29, 1.82) is 0 Å². The second-order valence-corrected chi connectivity index (χ2v) is 8.60. The van der Waals surface area contributed by atoms with Crippen LogP contribution in [-0.2, 0) is 24.8 Å². The lowest BCUT2D eigenvalue weighted by Crippen LogP contribution is -2.50. The van der Waals surface area contributed by atoms with E-state index in [-0.39, 0.29) is 25.2 Å². The Morgan fingerprint density at radius 3 is 2.75 bits per heavy atom. The Hall–Kier alpha value is -4.19. The van der Waals surface area contributed by atoms with Crippen molar-refractivity contribution in [2.24, 2.45) is 7.05 Å². The third kappa shape index (κ3) is 4.42. The molecule has 36 heavy (non-hydrogen) atoms. The molecular formula is C24H24F2N8O2. The van der Waals surface area contributed by atoms with E-state index in [2.05, 4.69) is 25.5 Å². The van der Waals surface area contributed by atoms with Crippen LogP contribution in [0.25, 0.3) is 11.4 Å². The summed E-state index contributed by atoms with van der Waals surface area (Å²) in [6, 6.07) is 6.55. The van der Waals surface area contributed by atoms with Crippen molar-refractivity contribution >= 4 is 17.8 Å². The van der Waals surface area contributed by atoms with Crippen molar-refractivity contribution in [3.05, 3.63) is 71.2 Å². The number of carbonyl (C=O) groups excluding carboxylic acids is 1. The highest BCUT2D eigenvalue weighted by atomic mass is 19.2. The van der Waals surface area contributed by atoms with Crippen LogP contribution in [-0.4, -0.2) is 60.2 Å². The summed E-state index contributed by atoms with van der Waals surface area (Å²) in [6.45, 7) is 2.23. The number of nitrogens with zero attached hydrogens (tertiary/aromatic N) is 7. The van der Waals surface area contributed by atoms with E-state index in [0.717, 1.165) is 23.5 Å². The fourth-order valence-electron chi connectivity index (χ4n) is 4.22. The van der Waals surface area contributed by atoms with Crippen LogP contribution < -0.4 is 5.32 Å². The van der Waals surface area contributed by atoms with E-state index < -0.39 is 11.6 Å². The highest BCUT2D eigenvalue weighted by molar-refractivity contribution is 5.80. The number of hydrogen-bond donors (Lipinski definition) is 1. The zero-order valence-electron chi connectivity index (χ0n) is 19.9. The molecule has 0 unspecified atom stereocenters. The Balaban J connectivity index is 1.46. The minimum Gasteiger partial charge on any atom is -0.383 e. The summed E-state index contributed by atoms with van der Waals surface area (Å²) in [5.41, 5.74) is 3.08. The number of aryl methyl sites for hydroxylation is 2. The number of benzene rings is 1. The minimum absolute atomic E-state index is 0.0873. The number of nitrogens with one attached hydrogen (secondary N) is 1. The maximum Gasteiger partial charge on any atom is 0.345 e. The van der Waals surface area contributed by atoms with E-state index >= 15 is 0 Å². The van der Waals surface area contributed by atoms with E-state index in [9.17, 15) is 13.6 Å². The van der Waals surface area contributed by atoms with Crippen LogP contribution in [0.2, 0.25) is 0 Å². The predicted molar refractivity (Wildman–Crippen MR) is 127 cm³/mol. The molecule has 4 aromatic rings. The third-order valence-electron chi connectivity index (χ3n) is 6.07. The van der Waals surface area contributed by atoms with Gasteiger partial charge in [-0.05, 0) is 36.2 Å². The number of fused-ring (bicyclic) bond motifs is 1. The van der Waals surface area contributed by atoms with Crippen molar-refractivity contribution in [3.63, 3.8) is 0 Å². The average Bonchev–Trinajstić information content (AvgIpc) is 3.46. The SMILES string of the molecule is COC[C@H]1Cc2cc(-c3nc(Nc4ccnn4C)ncc3C)nn2C(=O)N1Cc1ccc(F)c(F)c1. The summed E-state index contributed by atoms with van der Waals surface area (Å²) in [5.74, 6) is -0.807. The summed E-state index contributed by atoms with van der Waals surface area (Å²) in [5, 5.41) is 11.8. The number of ether oxygens (including phenoxy) is 1. The number of anilines is 2.